The minimum absolute atomic E-state index is 0.191. The third-order valence-corrected chi connectivity index (χ3v) is 3.78. The van der Waals surface area contributed by atoms with Crippen LogP contribution in [0.25, 0.3) is 0 Å². The standard InChI is InChI=1S/C16H24FN3/c1-4-6-13-10-15(13)19-16(18-2)20(3)11-12-7-5-8-14(17)9-12/h5,7-9,13,15H,4,6,10-11H2,1-3H3,(H,18,19). The summed E-state index contributed by atoms with van der Waals surface area (Å²) < 4.78 is 13.2. The van der Waals surface area contributed by atoms with Crippen LogP contribution in [0.3, 0.4) is 0 Å². The van der Waals surface area contributed by atoms with Gasteiger partial charge in [-0.3, -0.25) is 4.99 Å². The molecule has 0 saturated heterocycles. The molecule has 0 heterocycles. The van der Waals surface area contributed by atoms with Gasteiger partial charge < -0.3 is 10.2 Å². The van der Waals surface area contributed by atoms with Gasteiger partial charge in [-0.2, -0.15) is 0 Å². The van der Waals surface area contributed by atoms with Gasteiger partial charge in [0.2, 0.25) is 0 Å². The van der Waals surface area contributed by atoms with Crippen molar-refractivity contribution in [3.05, 3.63) is 35.6 Å². The molecule has 1 fully saturated rings. The number of hydrogen-bond acceptors (Lipinski definition) is 1. The monoisotopic (exact) mass is 277 g/mol. The van der Waals surface area contributed by atoms with Crippen molar-refractivity contribution in [2.45, 2.75) is 38.8 Å². The van der Waals surface area contributed by atoms with Gasteiger partial charge in [-0.15, -0.1) is 0 Å². The second-order valence-electron chi connectivity index (χ2n) is 5.57. The van der Waals surface area contributed by atoms with Crippen molar-refractivity contribution >= 4 is 5.96 Å². The molecule has 0 aromatic heterocycles. The molecule has 1 aliphatic carbocycles. The number of rotatable bonds is 5. The number of guanidine groups is 1. The Bertz CT molecular complexity index is 473. The third-order valence-electron chi connectivity index (χ3n) is 3.78. The Morgan fingerprint density at radius 2 is 2.30 bits per heavy atom. The van der Waals surface area contributed by atoms with Gasteiger partial charge in [-0.05, 0) is 36.5 Å². The number of nitrogens with zero attached hydrogens (tertiary/aromatic N) is 2. The molecule has 1 aromatic carbocycles. The van der Waals surface area contributed by atoms with Gasteiger partial charge in [0.05, 0.1) is 0 Å². The van der Waals surface area contributed by atoms with Crippen LogP contribution in [0.15, 0.2) is 29.3 Å². The molecule has 2 atom stereocenters. The number of halogens is 1. The zero-order chi connectivity index (χ0) is 14.5. The van der Waals surface area contributed by atoms with E-state index in [1.54, 1.807) is 19.2 Å². The molecule has 1 aliphatic rings. The predicted octanol–water partition coefficient (Wildman–Crippen LogP) is 3.02. The van der Waals surface area contributed by atoms with E-state index < -0.39 is 0 Å². The Labute approximate surface area is 120 Å². The Balaban J connectivity index is 1.88. The molecule has 1 saturated carbocycles. The van der Waals surface area contributed by atoms with Gasteiger partial charge in [0.1, 0.15) is 5.82 Å². The van der Waals surface area contributed by atoms with E-state index in [4.69, 9.17) is 0 Å². The average molecular weight is 277 g/mol. The van der Waals surface area contributed by atoms with Crippen molar-refractivity contribution in [2.75, 3.05) is 14.1 Å². The van der Waals surface area contributed by atoms with Gasteiger partial charge in [-0.1, -0.05) is 25.5 Å². The van der Waals surface area contributed by atoms with Crippen LogP contribution in [-0.4, -0.2) is 31.0 Å². The summed E-state index contributed by atoms with van der Waals surface area (Å²) in [4.78, 5) is 6.36. The topological polar surface area (TPSA) is 27.6 Å². The van der Waals surface area contributed by atoms with Gasteiger partial charge in [0.15, 0.2) is 5.96 Å². The molecular formula is C16H24FN3. The molecule has 0 radical (unpaired) electrons. The second-order valence-corrected chi connectivity index (χ2v) is 5.57. The summed E-state index contributed by atoms with van der Waals surface area (Å²) >= 11 is 0. The molecule has 2 unspecified atom stereocenters. The fourth-order valence-electron chi connectivity index (χ4n) is 2.61. The van der Waals surface area contributed by atoms with Gasteiger partial charge in [-0.25, -0.2) is 4.39 Å². The van der Waals surface area contributed by atoms with Crippen LogP contribution in [0, 0.1) is 11.7 Å². The largest absolute Gasteiger partial charge is 0.353 e. The van der Waals surface area contributed by atoms with Crippen molar-refractivity contribution in [3.8, 4) is 0 Å². The Kier molecular flexibility index (Phi) is 4.99. The molecule has 20 heavy (non-hydrogen) atoms. The van der Waals surface area contributed by atoms with E-state index in [0.717, 1.165) is 17.4 Å². The summed E-state index contributed by atoms with van der Waals surface area (Å²) in [5.74, 6) is 1.49. The summed E-state index contributed by atoms with van der Waals surface area (Å²) in [6, 6.07) is 7.27. The number of aliphatic imine (C=N–C) groups is 1. The number of benzene rings is 1. The van der Waals surface area contributed by atoms with Crippen molar-refractivity contribution < 1.29 is 4.39 Å². The van der Waals surface area contributed by atoms with Crippen molar-refractivity contribution in [2.24, 2.45) is 10.9 Å². The quantitative estimate of drug-likeness (QED) is 0.662. The molecule has 1 aromatic rings. The van der Waals surface area contributed by atoms with E-state index in [1.165, 1.54) is 25.3 Å². The maximum absolute atomic E-state index is 13.2. The Morgan fingerprint density at radius 3 is 2.95 bits per heavy atom. The van der Waals surface area contributed by atoms with Gasteiger partial charge in [0, 0.05) is 26.7 Å². The highest BCUT2D eigenvalue weighted by molar-refractivity contribution is 5.80. The maximum atomic E-state index is 13.2. The summed E-state index contributed by atoms with van der Waals surface area (Å²) in [7, 11) is 3.78. The van der Waals surface area contributed by atoms with E-state index in [-0.39, 0.29) is 5.82 Å². The van der Waals surface area contributed by atoms with Crippen LogP contribution in [0.4, 0.5) is 4.39 Å². The normalized spacial score (nSPS) is 21.7. The summed E-state index contributed by atoms with van der Waals surface area (Å²) in [6.07, 6.45) is 3.75. The first kappa shape index (κ1) is 14.8. The van der Waals surface area contributed by atoms with E-state index in [0.29, 0.717) is 12.6 Å². The first-order chi connectivity index (χ1) is 9.63. The van der Waals surface area contributed by atoms with E-state index in [9.17, 15) is 4.39 Å². The minimum atomic E-state index is -0.191. The van der Waals surface area contributed by atoms with E-state index >= 15 is 0 Å². The van der Waals surface area contributed by atoms with Gasteiger partial charge >= 0.3 is 0 Å². The molecule has 1 N–H and O–H groups in total. The number of nitrogens with one attached hydrogen (secondary N) is 1. The van der Waals surface area contributed by atoms with Crippen molar-refractivity contribution in [3.63, 3.8) is 0 Å². The van der Waals surface area contributed by atoms with Crippen molar-refractivity contribution in [1.82, 2.24) is 10.2 Å². The highest BCUT2D eigenvalue weighted by Crippen LogP contribution is 2.34. The lowest BCUT2D eigenvalue weighted by Crippen LogP contribution is -2.40. The summed E-state index contributed by atoms with van der Waals surface area (Å²) in [5, 5.41) is 3.49. The lowest BCUT2D eigenvalue weighted by atomic mass is 10.2. The second kappa shape index (κ2) is 6.73. The van der Waals surface area contributed by atoms with Crippen LogP contribution in [0.2, 0.25) is 0 Å². The lowest BCUT2D eigenvalue weighted by Gasteiger charge is -2.22. The lowest BCUT2D eigenvalue weighted by molar-refractivity contribution is 0.470. The molecule has 0 amide bonds. The predicted molar refractivity (Wildman–Crippen MR) is 81.2 cm³/mol. The zero-order valence-electron chi connectivity index (χ0n) is 12.6. The highest BCUT2D eigenvalue weighted by atomic mass is 19.1. The van der Waals surface area contributed by atoms with Gasteiger partial charge in [0.25, 0.3) is 0 Å². The molecule has 4 heteroatoms. The fourth-order valence-corrected chi connectivity index (χ4v) is 2.61. The van der Waals surface area contributed by atoms with Crippen molar-refractivity contribution in [1.29, 1.82) is 0 Å². The van der Waals surface area contributed by atoms with Crippen LogP contribution in [0.5, 0.6) is 0 Å². The number of hydrogen-bond donors (Lipinski definition) is 1. The highest BCUT2D eigenvalue weighted by Gasteiger charge is 2.36. The molecule has 3 nitrogen and oxygen atoms in total. The van der Waals surface area contributed by atoms with Crippen LogP contribution >= 0.6 is 0 Å². The molecule has 110 valence electrons. The average Bonchev–Trinajstić information content (AvgIpc) is 3.14. The van der Waals surface area contributed by atoms with Crippen LogP contribution in [-0.2, 0) is 6.54 Å². The SMILES string of the molecule is CCCC1CC1NC(=NC)N(C)Cc1cccc(F)c1. The minimum Gasteiger partial charge on any atom is -0.353 e. The Morgan fingerprint density at radius 1 is 1.50 bits per heavy atom. The molecular weight excluding hydrogens is 253 g/mol. The zero-order valence-corrected chi connectivity index (χ0v) is 12.6. The maximum Gasteiger partial charge on any atom is 0.193 e. The van der Waals surface area contributed by atoms with E-state index in [2.05, 4.69) is 17.2 Å². The van der Waals surface area contributed by atoms with Crippen LogP contribution < -0.4 is 5.32 Å². The molecule has 0 spiro atoms. The first-order valence-electron chi connectivity index (χ1n) is 7.33. The third kappa shape index (κ3) is 3.95. The van der Waals surface area contributed by atoms with Crippen LogP contribution in [0.1, 0.15) is 31.7 Å². The van der Waals surface area contributed by atoms with E-state index in [1.807, 2.05) is 18.0 Å². The first-order valence-corrected chi connectivity index (χ1v) is 7.33. The molecule has 2 rings (SSSR count). The summed E-state index contributed by atoms with van der Waals surface area (Å²) in [6.45, 7) is 2.88. The molecule has 0 aliphatic heterocycles. The Hall–Kier alpha value is -1.58. The molecule has 0 bridgehead atoms. The fraction of sp³-hybridized carbons (Fsp3) is 0.562. The smallest absolute Gasteiger partial charge is 0.193 e. The summed E-state index contributed by atoms with van der Waals surface area (Å²) in [5.41, 5.74) is 0.955.